The van der Waals surface area contributed by atoms with Gasteiger partial charge in [0.2, 0.25) is 0 Å². The molecule has 4 rings (SSSR count). The van der Waals surface area contributed by atoms with E-state index in [1.807, 2.05) is 17.0 Å². The Morgan fingerprint density at radius 3 is 2.81 bits per heavy atom. The first-order valence-electron chi connectivity index (χ1n) is 11.3. The average molecular weight is 429 g/mol. The molecule has 0 amide bonds. The molecule has 6 nitrogen and oxygen atoms in total. The van der Waals surface area contributed by atoms with E-state index in [4.69, 9.17) is 4.74 Å². The van der Waals surface area contributed by atoms with Crippen molar-refractivity contribution in [3.8, 4) is 5.75 Å². The van der Waals surface area contributed by atoms with E-state index in [0.29, 0.717) is 45.0 Å². The van der Waals surface area contributed by atoms with Gasteiger partial charge in [0.25, 0.3) is 0 Å². The van der Waals surface area contributed by atoms with E-state index in [0.717, 1.165) is 17.9 Å². The van der Waals surface area contributed by atoms with Gasteiger partial charge in [-0.15, -0.1) is 0 Å². The Labute approximate surface area is 184 Å². The first-order valence-corrected chi connectivity index (χ1v) is 11.3. The smallest absolute Gasteiger partial charge is 0.141 e. The van der Waals surface area contributed by atoms with Crippen molar-refractivity contribution in [2.24, 2.45) is 0 Å². The van der Waals surface area contributed by atoms with Crippen molar-refractivity contribution in [1.29, 1.82) is 0 Å². The Kier molecular flexibility index (Phi) is 7.37. The number of benzene rings is 1. The van der Waals surface area contributed by atoms with Crippen LogP contribution in [0.4, 0.5) is 10.2 Å². The molecule has 2 aliphatic heterocycles. The Morgan fingerprint density at radius 2 is 2.00 bits per heavy atom. The molecule has 1 unspecified atom stereocenters. The monoisotopic (exact) mass is 428 g/mol. The molecular formula is C24H33FN4O2. The molecule has 1 atom stereocenters. The van der Waals surface area contributed by atoms with Crippen LogP contribution in [0.2, 0.25) is 0 Å². The number of hydrogen-bond acceptors (Lipinski definition) is 6. The molecule has 0 aliphatic carbocycles. The lowest BCUT2D eigenvalue weighted by Crippen LogP contribution is -2.43. The Morgan fingerprint density at radius 1 is 1.13 bits per heavy atom. The van der Waals surface area contributed by atoms with Crippen molar-refractivity contribution in [3.63, 3.8) is 0 Å². The Bertz CT molecular complexity index is 829. The maximum atomic E-state index is 13.1. The van der Waals surface area contributed by atoms with Crippen LogP contribution in [0.1, 0.15) is 31.2 Å². The van der Waals surface area contributed by atoms with Crippen LogP contribution in [0.25, 0.3) is 0 Å². The highest BCUT2D eigenvalue weighted by Gasteiger charge is 2.36. The minimum absolute atomic E-state index is 0.349. The maximum absolute atomic E-state index is 13.1. The van der Waals surface area contributed by atoms with Crippen LogP contribution >= 0.6 is 0 Å². The molecule has 1 aromatic heterocycles. The van der Waals surface area contributed by atoms with Gasteiger partial charge in [0.1, 0.15) is 24.0 Å². The molecule has 0 spiro atoms. The van der Waals surface area contributed by atoms with Gasteiger partial charge in [0.15, 0.2) is 0 Å². The molecular weight excluding hydrogens is 395 g/mol. The van der Waals surface area contributed by atoms with Gasteiger partial charge < -0.3 is 20.1 Å². The third-order valence-electron chi connectivity index (χ3n) is 6.17. The van der Waals surface area contributed by atoms with Crippen LogP contribution in [-0.2, 0) is 6.54 Å². The maximum Gasteiger partial charge on any atom is 0.141 e. The fourth-order valence-electron chi connectivity index (χ4n) is 4.41. The lowest BCUT2D eigenvalue weighted by Gasteiger charge is -2.26. The van der Waals surface area contributed by atoms with Crippen LogP contribution in [-0.4, -0.2) is 66.5 Å². The molecule has 2 aliphatic rings. The predicted molar refractivity (Wildman–Crippen MR) is 120 cm³/mol. The predicted octanol–water partition coefficient (Wildman–Crippen LogP) is 2.82. The lowest BCUT2D eigenvalue weighted by molar-refractivity contribution is 0.0626. The number of halogens is 1. The second-order valence-electron chi connectivity index (χ2n) is 8.73. The first-order chi connectivity index (χ1) is 15.1. The number of aliphatic hydroxyl groups is 1. The summed E-state index contributed by atoms with van der Waals surface area (Å²) in [4.78, 5) is 8.59. The highest BCUT2D eigenvalue weighted by molar-refractivity contribution is 5.40. The number of β-amino-alcohol motifs (C(OH)–C–C–N with tert-alkyl or cyclic N) is 1. The first kappa shape index (κ1) is 22.0. The normalized spacial score (nSPS) is 22.1. The number of aromatic nitrogens is 1. The van der Waals surface area contributed by atoms with Crippen molar-refractivity contribution < 1.29 is 14.2 Å². The number of piperidine rings is 1. The Balaban J connectivity index is 1.20. The zero-order chi connectivity index (χ0) is 21.5. The van der Waals surface area contributed by atoms with Crippen LogP contribution in [0.15, 0.2) is 42.6 Å². The molecule has 0 saturated carbocycles. The van der Waals surface area contributed by atoms with Gasteiger partial charge in [-0.3, -0.25) is 4.90 Å². The summed E-state index contributed by atoms with van der Waals surface area (Å²) in [6.45, 7) is 6.41. The van der Waals surface area contributed by atoms with Gasteiger partial charge >= 0.3 is 0 Å². The summed E-state index contributed by atoms with van der Waals surface area (Å²) in [5.41, 5.74) is 0.313. The third kappa shape index (κ3) is 6.38. The zero-order valence-electron chi connectivity index (χ0n) is 18.1. The second-order valence-corrected chi connectivity index (χ2v) is 8.73. The van der Waals surface area contributed by atoms with E-state index in [9.17, 15) is 9.50 Å². The van der Waals surface area contributed by atoms with E-state index >= 15 is 0 Å². The average Bonchev–Trinajstić information content (AvgIpc) is 3.17. The standard InChI is InChI=1S/C24H33FN4O2/c25-21-7-8-23(27-17-21)29-12-9-24(30,19-29)18-26-16-20-5-4-6-22(15-20)31-14-13-28-10-2-1-3-11-28/h4-8,15,17,26,30H,1-3,9-14,16,18-19H2. The summed E-state index contributed by atoms with van der Waals surface area (Å²) in [5.74, 6) is 1.24. The number of rotatable bonds is 9. The minimum atomic E-state index is -0.821. The van der Waals surface area contributed by atoms with Gasteiger partial charge in [-0.05, 0) is 62.2 Å². The molecule has 168 valence electrons. The molecule has 2 N–H and O–H groups in total. The SMILES string of the molecule is OC1(CNCc2cccc(OCCN3CCCCC3)c2)CCN(c2ccc(F)cn2)C1. The highest BCUT2D eigenvalue weighted by atomic mass is 19.1. The van der Waals surface area contributed by atoms with Crippen molar-refractivity contribution in [2.75, 3.05) is 50.8 Å². The molecule has 7 heteroatoms. The molecule has 1 aromatic carbocycles. The molecule has 2 aromatic rings. The number of anilines is 1. The van der Waals surface area contributed by atoms with Gasteiger partial charge in [-0.2, -0.15) is 0 Å². The molecule has 2 fully saturated rings. The lowest BCUT2D eigenvalue weighted by atomic mass is 10.0. The van der Waals surface area contributed by atoms with Gasteiger partial charge in [-0.1, -0.05) is 18.6 Å². The quantitative estimate of drug-likeness (QED) is 0.641. The minimum Gasteiger partial charge on any atom is -0.492 e. The number of likely N-dealkylation sites (tertiary alicyclic amines) is 1. The number of nitrogens with one attached hydrogen (secondary N) is 1. The number of ether oxygens (including phenoxy) is 1. The summed E-state index contributed by atoms with van der Waals surface area (Å²) in [5, 5.41) is 14.3. The van der Waals surface area contributed by atoms with Gasteiger partial charge in [0, 0.05) is 32.7 Å². The number of pyridine rings is 1. The van der Waals surface area contributed by atoms with Crippen LogP contribution < -0.4 is 15.0 Å². The summed E-state index contributed by atoms with van der Waals surface area (Å²) in [7, 11) is 0. The third-order valence-corrected chi connectivity index (χ3v) is 6.17. The van der Waals surface area contributed by atoms with Crippen molar-refractivity contribution in [2.45, 2.75) is 37.8 Å². The van der Waals surface area contributed by atoms with Crippen molar-refractivity contribution >= 4 is 5.82 Å². The van der Waals surface area contributed by atoms with Crippen LogP contribution in [0, 0.1) is 5.82 Å². The highest BCUT2D eigenvalue weighted by Crippen LogP contribution is 2.25. The van der Waals surface area contributed by atoms with Crippen molar-refractivity contribution in [3.05, 3.63) is 54.0 Å². The van der Waals surface area contributed by atoms with E-state index in [1.54, 1.807) is 6.07 Å². The summed E-state index contributed by atoms with van der Waals surface area (Å²) >= 11 is 0. The largest absolute Gasteiger partial charge is 0.492 e. The van der Waals surface area contributed by atoms with E-state index in [-0.39, 0.29) is 5.82 Å². The summed E-state index contributed by atoms with van der Waals surface area (Å²) < 4.78 is 19.0. The zero-order valence-corrected chi connectivity index (χ0v) is 18.1. The topological polar surface area (TPSA) is 60.9 Å². The molecule has 0 bridgehead atoms. The van der Waals surface area contributed by atoms with Crippen LogP contribution in [0.3, 0.4) is 0 Å². The number of nitrogens with zero attached hydrogens (tertiary/aromatic N) is 3. The molecule has 3 heterocycles. The fourth-order valence-corrected chi connectivity index (χ4v) is 4.41. The second kappa shape index (κ2) is 10.4. The summed E-state index contributed by atoms with van der Waals surface area (Å²) in [6, 6.07) is 11.2. The van der Waals surface area contributed by atoms with Crippen LogP contribution in [0.5, 0.6) is 5.75 Å². The molecule has 0 radical (unpaired) electrons. The van der Waals surface area contributed by atoms with E-state index < -0.39 is 5.60 Å². The van der Waals surface area contributed by atoms with Gasteiger partial charge in [0.05, 0.1) is 11.8 Å². The molecule has 31 heavy (non-hydrogen) atoms. The molecule has 2 saturated heterocycles. The fraction of sp³-hybridized carbons (Fsp3) is 0.542. The van der Waals surface area contributed by atoms with E-state index in [1.165, 1.54) is 44.6 Å². The summed E-state index contributed by atoms with van der Waals surface area (Å²) in [6.07, 6.45) is 5.81. The van der Waals surface area contributed by atoms with Crippen molar-refractivity contribution in [1.82, 2.24) is 15.2 Å². The van der Waals surface area contributed by atoms with Gasteiger partial charge in [-0.25, -0.2) is 9.37 Å². The van der Waals surface area contributed by atoms with E-state index in [2.05, 4.69) is 27.3 Å². The Hall–Kier alpha value is -2.22. The number of hydrogen-bond donors (Lipinski definition) is 2.